The summed E-state index contributed by atoms with van der Waals surface area (Å²) in [6, 6.07) is 23.5. The minimum Gasteiger partial charge on any atom is -0.484 e. The highest BCUT2D eigenvalue weighted by Gasteiger charge is 2.12. The van der Waals surface area contributed by atoms with Gasteiger partial charge in [-0.3, -0.25) is 9.59 Å². The third-order valence-electron chi connectivity index (χ3n) is 5.49. The van der Waals surface area contributed by atoms with Gasteiger partial charge < -0.3 is 19.2 Å². The molecule has 5 aromatic rings. The van der Waals surface area contributed by atoms with E-state index in [4.69, 9.17) is 25.5 Å². The summed E-state index contributed by atoms with van der Waals surface area (Å²) in [4.78, 5) is 25.2. The van der Waals surface area contributed by atoms with Crippen molar-refractivity contribution in [2.24, 2.45) is 0 Å². The van der Waals surface area contributed by atoms with Crippen molar-refractivity contribution >= 4 is 44.9 Å². The minimum atomic E-state index is -0.342. The number of halogens is 1. The van der Waals surface area contributed by atoms with Gasteiger partial charge in [-0.25, -0.2) is 0 Å². The second kappa shape index (κ2) is 9.52. The zero-order valence-electron chi connectivity index (χ0n) is 18.7. The molecule has 0 radical (unpaired) electrons. The van der Waals surface area contributed by atoms with Gasteiger partial charge in [0.05, 0.1) is 5.39 Å². The van der Waals surface area contributed by atoms with E-state index in [9.17, 15) is 9.59 Å². The number of benzene rings is 4. The van der Waals surface area contributed by atoms with Gasteiger partial charge in [0.2, 0.25) is 11.2 Å². The van der Waals surface area contributed by atoms with E-state index in [1.807, 2.05) is 49.4 Å². The molecular formula is C28H20ClNO5. The average molecular weight is 486 g/mol. The van der Waals surface area contributed by atoms with Crippen molar-refractivity contribution in [3.8, 4) is 17.2 Å². The number of hydrogen-bond donors (Lipinski definition) is 1. The van der Waals surface area contributed by atoms with E-state index in [-0.39, 0.29) is 23.7 Å². The van der Waals surface area contributed by atoms with Crippen molar-refractivity contribution < 1.29 is 18.7 Å². The van der Waals surface area contributed by atoms with E-state index >= 15 is 0 Å². The van der Waals surface area contributed by atoms with Gasteiger partial charge in [0.25, 0.3) is 5.91 Å². The summed E-state index contributed by atoms with van der Waals surface area (Å²) in [5.74, 6) is 0.667. The van der Waals surface area contributed by atoms with Crippen molar-refractivity contribution in [1.82, 2.24) is 0 Å². The van der Waals surface area contributed by atoms with Crippen LogP contribution in [0.1, 0.15) is 5.56 Å². The van der Waals surface area contributed by atoms with Crippen LogP contribution in [0, 0.1) is 6.92 Å². The van der Waals surface area contributed by atoms with Crippen molar-refractivity contribution in [3.05, 3.63) is 106 Å². The summed E-state index contributed by atoms with van der Waals surface area (Å²) in [6.07, 6.45) is 1.28. The molecule has 0 atom stereocenters. The van der Waals surface area contributed by atoms with Crippen LogP contribution in [0.2, 0.25) is 5.02 Å². The second-order valence-electron chi connectivity index (χ2n) is 8.00. The Morgan fingerprint density at radius 3 is 2.57 bits per heavy atom. The maximum atomic E-state index is 12.9. The van der Waals surface area contributed by atoms with Crippen LogP contribution in [-0.4, -0.2) is 12.5 Å². The molecule has 35 heavy (non-hydrogen) atoms. The van der Waals surface area contributed by atoms with Crippen molar-refractivity contribution in [1.29, 1.82) is 0 Å². The lowest BCUT2D eigenvalue weighted by molar-refractivity contribution is -0.118. The van der Waals surface area contributed by atoms with Crippen LogP contribution in [0.3, 0.4) is 0 Å². The Morgan fingerprint density at radius 1 is 0.943 bits per heavy atom. The Kier molecular flexibility index (Phi) is 6.12. The fraction of sp³-hybridized carbons (Fsp3) is 0.0714. The molecule has 0 bridgehead atoms. The molecule has 174 valence electrons. The first-order valence-corrected chi connectivity index (χ1v) is 11.2. The van der Waals surface area contributed by atoms with Gasteiger partial charge in [-0.1, -0.05) is 48.0 Å². The molecule has 1 aromatic heterocycles. The number of rotatable bonds is 6. The Labute approximate surface area is 205 Å². The smallest absolute Gasteiger partial charge is 0.262 e. The molecule has 5 rings (SSSR count). The molecule has 1 amide bonds. The molecule has 0 aliphatic heterocycles. The minimum absolute atomic E-state index is 0.0811. The van der Waals surface area contributed by atoms with Crippen LogP contribution in [0.25, 0.3) is 21.7 Å². The summed E-state index contributed by atoms with van der Waals surface area (Å²) in [6.45, 7) is 1.66. The molecule has 0 aliphatic rings. The molecule has 6 nitrogen and oxygen atoms in total. The van der Waals surface area contributed by atoms with Gasteiger partial charge in [0.1, 0.15) is 23.3 Å². The maximum Gasteiger partial charge on any atom is 0.262 e. The first-order chi connectivity index (χ1) is 17.0. The van der Waals surface area contributed by atoms with Crippen LogP contribution in [0.15, 0.2) is 94.3 Å². The third-order valence-corrected chi connectivity index (χ3v) is 5.90. The number of hydrogen-bond acceptors (Lipinski definition) is 5. The Hall–Kier alpha value is -4.29. The van der Waals surface area contributed by atoms with Crippen LogP contribution in [0.4, 0.5) is 5.69 Å². The average Bonchev–Trinajstić information content (AvgIpc) is 2.86. The summed E-state index contributed by atoms with van der Waals surface area (Å²) in [5, 5.41) is 5.72. The summed E-state index contributed by atoms with van der Waals surface area (Å²) in [5.41, 5.74) is 1.52. The first kappa shape index (κ1) is 22.5. The molecule has 4 aromatic carbocycles. The third kappa shape index (κ3) is 4.98. The molecule has 0 saturated heterocycles. The number of fused-ring (bicyclic) bond motifs is 2. The molecule has 0 fully saturated rings. The molecule has 0 unspecified atom stereocenters. The second-order valence-corrected chi connectivity index (χ2v) is 8.41. The predicted molar refractivity (Wildman–Crippen MR) is 137 cm³/mol. The normalized spacial score (nSPS) is 10.9. The molecular weight excluding hydrogens is 466 g/mol. The fourth-order valence-corrected chi connectivity index (χ4v) is 3.81. The molecule has 0 saturated carbocycles. The number of nitrogens with one attached hydrogen (secondary N) is 1. The maximum absolute atomic E-state index is 12.9. The van der Waals surface area contributed by atoms with E-state index in [1.165, 1.54) is 6.26 Å². The van der Waals surface area contributed by atoms with Gasteiger partial charge in [0, 0.05) is 16.8 Å². The highest BCUT2D eigenvalue weighted by molar-refractivity contribution is 6.31. The first-order valence-electron chi connectivity index (χ1n) is 10.9. The van der Waals surface area contributed by atoms with Crippen molar-refractivity contribution in [2.75, 3.05) is 11.9 Å². The van der Waals surface area contributed by atoms with E-state index < -0.39 is 0 Å². The summed E-state index contributed by atoms with van der Waals surface area (Å²) < 4.78 is 17.0. The number of anilines is 1. The largest absolute Gasteiger partial charge is 0.484 e. The standard InChI is InChI=1S/C28H20ClNO5/c1-17-6-8-20(13-24(17)29)30-27(31)16-33-21-10-11-23-25(14-21)34-15-26(28(23)32)35-22-9-7-18-4-2-3-5-19(18)12-22/h2-15H,16H2,1H3,(H,30,31). The van der Waals surface area contributed by atoms with E-state index in [0.717, 1.165) is 16.3 Å². The van der Waals surface area contributed by atoms with Crippen LogP contribution < -0.4 is 20.2 Å². The topological polar surface area (TPSA) is 77.8 Å². The fourth-order valence-electron chi connectivity index (χ4n) is 3.63. The van der Waals surface area contributed by atoms with Crippen LogP contribution >= 0.6 is 11.6 Å². The Balaban J connectivity index is 1.28. The molecule has 7 heteroatoms. The molecule has 0 spiro atoms. The van der Waals surface area contributed by atoms with Crippen LogP contribution in [-0.2, 0) is 4.79 Å². The zero-order chi connectivity index (χ0) is 24.4. The van der Waals surface area contributed by atoms with Gasteiger partial charge in [-0.05, 0) is 59.7 Å². The lowest BCUT2D eigenvalue weighted by atomic mass is 10.1. The molecule has 1 heterocycles. The summed E-state index contributed by atoms with van der Waals surface area (Å²) in [7, 11) is 0. The van der Waals surface area contributed by atoms with Crippen molar-refractivity contribution in [3.63, 3.8) is 0 Å². The Bertz CT molecular complexity index is 1630. The van der Waals surface area contributed by atoms with E-state index in [1.54, 1.807) is 36.4 Å². The lowest BCUT2D eigenvalue weighted by Crippen LogP contribution is -2.20. The Morgan fingerprint density at radius 2 is 1.74 bits per heavy atom. The predicted octanol–water partition coefficient (Wildman–Crippen LogP) is 6.72. The van der Waals surface area contributed by atoms with Crippen molar-refractivity contribution in [2.45, 2.75) is 6.92 Å². The van der Waals surface area contributed by atoms with Gasteiger partial charge >= 0.3 is 0 Å². The van der Waals surface area contributed by atoms with E-state index in [0.29, 0.717) is 33.2 Å². The highest BCUT2D eigenvalue weighted by Crippen LogP contribution is 2.27. The SMILES string of the molecule is Cc1ccc(NC(=O)COc2ccc3c(=O)c(Oc4ccc5ccccc5c4)coc3c2)cc1Cl. The van der Waals surface area contributed by atoms with Gasteiger partial charge in [-0.2, -0.15) is 0 Å². The van der Waals surface area contributed by atoms with Gasteiger partial charge in [-0.15, -0.1) is 0 Å². The zero-order valence-corrected chi connectivity index (χ0v) is 19.5. The molecule has 1 N–H and O–H groups in total. The highest BCUT2D eigenvalue weighted by atomic mass is 35.5. The van der Waals surface area contributed by atoms with E-state index in [2.05, 4.69) is 5.32 Å². The quantitative estimate of drug-likeness (QED) is 0.289. The number of aryl methyl sites for hydroxylation is 1. The number of carbonyl (C=O) groups is 1. The number of carbonyl (C=O) groups excluding carboxylic acids is 1. The van der Waals surface area contributed by atoms with Crippen LogP contribution in [0.5, 0.6) is 17.2 Å². The lowest BCUT2D eigenvalue weighted by Gasteiger charge is -2.10. The monoisotopic (exact) mass is 485 g/mol. The molecule has 0 aliphatic carbocycles. The number of ether oxygens (including phenoxy) is 2. The van der Waals surface area contributed by atoms with Gasteiger partial charge in [0.15, 0.2) is 6.61 Å². The summed E-state index contributed by atoms with van der Waals surface area (Å²) >= 11 is 6.09. The number of amides is 1.